The van der Waals surface area contributed by atoms with E-state index < -0.39 is 5.54 Å². The maximum absolute atomic E-state index is 13.0. The number of nitrogens with one attached hydrogen (secondary N) is 1. The molecule has 2 heterocycles. The molecule has 1 unspecified atom stereocenters. The van der Waals surface area contributed by atoms with Crippen LogP contribution in [0.5, 0.6) is 0 Å². The van der Waals surface area contributed by atoms with Gasteiger partial charge in [-0.15, -0.1) is 0 Å². The number of pyridine rings is 1. The van der Waals surface area contributed by atoms with E-state index in [2.05, 4.69) is 24.3 Å². The largest absolute Gasteiger partial charge is 0.396 e. The fourth-order valence-electron chi connectivity index (χ4n) is 2.81. The summed E-state index contributed by atoms with van der Waals surface area (Å²) in [4.78, 5) is 17.7. The molecule has 0 fully saturated rings. The van der Waals surface area contributed by atoms with Crippen molar-refractivity contribution in [3.63, 3.8) is 0 Å². The number of aromatic nitrogens is 3. The maximum atomic E-state index is 13.0. The lowest BCUT2D eigenvalue weighted by molar-refractivity contribution is 0.0887. The molecule has 1 amide bonds. The molecule has 0 saturated heterocycles. The van der Waals surface area contributed by atoms with Crippen LogP contribution >= 0.6 is 0 Å². The zero-order chi connectivity index (χ0) is 18.8. The fourth-order valence-corrected chi connectivity index (χ4v) is 2.81. The minimum atomic E-state index is -0.437. The van der Waals surface area contributed by atoms with Crippen molar-refractivity contribution in [2.24, 2.45) is 0 Å². The van der Waals surface area contributed by atoms with E-state index in [1.165, 1.54) is 0 Å². The van der Waals surface area contributed by atoms with Crippen molar-refractivity contribution in [3.8, 4) is 0 Å². The predicted molar refractivity (Wildman–Crippen MR) is 99.9 cm³/mol. The zero-order valence-corrected chi connectivity index (χ0v) is 16.1. The number of carbonyl (C=O) groups is 1. The summed E-state index contributed by atoms with van der Waals surface area (Å²) in [5, 5.41) is 17.6. The Hall–Kier alpha value is -1.95. The van der Waals surface area contributed by atoms with E-state index in [1.54, 1.807) is 6.20 Å². The summed E-state index contributed by atoms with van der Waals surface area (Å²) in [6.07, 6.45) is 2.98. The van der Waals surface area contributed by atoms with Crippen molar-refractivity contribution >= 4 is 16.9 Å². The van der Waals surface area contributed by atoms with E-state index in [4.69, 9.17) is 4.98 Å². The van der Waals surface area contributed by atoms with Crippen LogP contribution in [0.25, 0.3) is 11.0 Å². The van der Waals surface area contributed by atoms with Crippen molar-refractivity contribution in [2.45, 2.75) is 71.9 Å². The van der Waals surface area contributed by atoms with E-state index >= 15 is 0 Å². The summed E-state index contributed by atoms with van der Waals surface area (Å²) in [6.45, 7) is 12.2. The van der Waals surface area contributed by atoms with Crippen molar-refractivity contribution in [1.82, 2.24) is 20.1 Å². The number of amides is 1. The van der Waals surface area contributed by atoms with Crippen LogP contribution in [-0.2, 0) is 0 Å². The number of hydrogen-bond acceptors (Lipinski definition) is 4. The molecule has 0 aliphatic heterocycles. The van der Waals surface area contributed by atoms with Crippen LogP contribution in [-0.4, -0.2) is 37.9 Å². The lowest BCUT2D eigenvalue weighted by atomic mass is 9.94. The lowest BCUT2D eigenvalue weighted by Crippen LogP contribution is -2.46. The van der Waals surface area contributed by atoms with Gasteiger partial charge in [-0.25, -0.2) is 9.67 Å². The summed E-state index contributed by atoms with van der Waals surface area (Å²) in [6, 6.07) is 2.03. The third-order valence-electron chi connectivity index (χ3n) is 4.77. The molecule has 2 aromatic rings. The third kappa shape index (κ3) is 4.00. The highest BCUT2D eigenvalue weighted by molar-refractivity contribution is 6.05. The summed E-state index contributed by atoms with van der Waals surface area (Å²) in [5.41, 5.74) is 1.78. The molecule has 2 rings (SSSR count). The van der Waals surface area contributed by atoms with Gasteiger partial charge in [0.2, 0.25) is 0 Å². The molecular weight excluding hydrogens is 316 g/mol. The van der Waals surface area contributed by atoms with Crippen LogP contribution in [0.1, 0.15) is 82.4 Å². The molecule has 0 spiro atoms. The van der Waals surface area contributed by atoms with Gasteiger partial charge in [0.25, 0.3) is 5.91 Å². The van der Waals surface area contributed by atoms with Gasteiger partial charge in [0.15, 0.2) is 5.65 Å². The number of carbonyl (C=O) groups excluding carboxylic acids is 1. The third-order valence-corrected chi connectivity index (χ3v) is 4.77. The van der Waals surface area contributed by atoms with E-state index in [9.17, 15) is 9.90 Å². The first-order chi connectivity index (χ1) is 11.7. The molecule has 2 aromatic heterocycles. The normalized spacial score (nSPS) is 14.3. The quantitative estimate of drug-likeness (QED) is 0.805. The Morgan fingerprint density at radius 1 is 1.36 bits per heavy atom. The van der Waals surface area contributed by atoms with E-state index in [1.807, 2.05) is 38.4 Å². The molecular formula is C19H30N4O2. The van der Waals surface area contributed by atoms with Crippen LogP contribution in [0, 0.1) is 0 Å². The average molecular weight is 346 g/mol. The van der Waals surface area contributed by atoms with Crippen LogP contribution < -0.4 is 5.32 Å². The molecule has 6 nitrogen and oxygen atoms in total. The Morgan fingerprint density at radius 3 is 2.56 bits per heavy atom. The van der Waals surface area contributed by atoms with E-state index in [-0.39, 0.29) is 24.5 Å². The van der Waals surface area contributed by atoms with Crippen LogP contribution in [0.2, 0.25) is 0 Å². The molecule has 1 atom stereocenters. The van der Waals surface area contributed by atoms with E-state index in [0.717, 1.165) is 23.1 Å². The highest BCUT2D eigenvalue weighted by Gasteiger charge is 2.26. The molecule has 0 aliphatic carbocycles. The Morgan fingerprint density at radius 2 is 2.04 bits per heavy atom. The summed E-state index contributed by atoms with van der Waals surface area (Å²) < 4.78 is 1.85. The molecule has 0 aliphatic rings. The summed E-state index contributed by atoms with van der Waals surface area (Å²) in [5.74, 6) is 0.0665. The molecule has 0 saturated carbocycles. The summed E-state index contributed by atoms with van der Waals surface area (Å²) >= 11 is 0. The Labute approximate surface area is 149 Å². The first kappa shape index (κ1) is 19.4. The number of fused-ring (bicyclic) bond motifs is 1. The van der Waals surface area contributed by atoms with Crippen molar-refractivity contribution in [2.75, 3.05) is 6.61 Å². The summed E-state index contributed by atoms with van der Waals surface area (Å²) in [7, 11) is 0. The zero-order valence-electron chi connectivity index (χ0n) is 16.1. The van der Waals surface area contributed by atoms with Crippen molar-refractivity contribution < 1.29 is 9.90 Å². The van der Waals surface area contributed by atoms with Gasteiger partial charge >= 0.3 is 0 Å². The molecule has 6 heteroatoms. The predicted octanol–water partition coefficient (Wildman–Crippen LogP) is 3.42. The second kappa shape index (κ2) is 7.52. The highest BCUT2D eigenvalue weighted by atomic mass is 16.3. The number of nitrogens with zero attached hydrogens (tertiary/aromatic N) is 3. The monoisotopic (exact) mass is 346 g/mol. The Bertz CT molecular complexity index is 751. The number of aliphatic hydroxyl groups is 1. The second-order valence-corrected chi connectivity index (χ2v) is 7.51. The standard InChI is InChI=1S/C19H30N4O2/c1-7-19(6,8-9-24)22-18(25)14-10-16(12(2)3)21-17-15(14)11-20-23(17)13(4)5/h10-13,24H,7-9H2,1-6H3,(H,22,25). The number of rotatable bonds is 7. The van der Waals surface area contributed by atoms with Crippen LogP contribution in [0.3, 0.4) is 0 Å². The molecule has 0 aromatic carbocycles. The van der Waals surface area contributed by atoms with Gasteiger partial charge in [-0.2, -0.15) is 5.10 Å². The number of aliphatic hydroxyl groups excluding tert-OH is 1. The van der Waals surface area contributed by atoms with Crippen LogP contribution in [0.4, 0.5) is 0 Å². The van der Waals surface area contributed by atoms with Gasteiger partial charge in [-0.3, -0.25) is 4.79 Å². The van der Waals surface area contributed by atoms with Gasteiger partial charge < -0.3 is 10.4 Å². The highest BCUT2D eigenvalue weighted by Crippen LogP contribution is 2.25. The van der Waals surface area contributed by atoms with Gasteiger partial charge in [0.1, 0.15) is 0 Å². The van der Waals surface area contributed by atoms with E-state index in [0.29, 0.717) is 12.0 Å². The first-order valence-electron chi connectivity index (χ1n) is 9.04. The Kier molecular flexibility index (Phi) is 5.83. The SMILES string of the molecule is CCC(C)(CCO)NC(=O)c1cc(C(C)C)nc2c1cnn2C(C)C. The van der Waals surface area contributed by atoms with Gasteiger partial charge in [-0.1, -0.05) is 20.8 Å². The van der Waals surface area contributed by atoms with Crippen LogP contribution in [0.15, 0.2) is 12.3 Å². The molecule has 0 radical (unpaired) electrons. The lowest BCUT2D eigenvalue weighted by Gasteiger charge is -2.29. The maximum Gasteiger partial charge on any atom is 0.252 e. The molecule has 2 N–H and O–H groups in total. The topological polar surface area (TPSA) is 80.0 Å². The smallest absolute Gasteiger partial charge is 0.252 e. The fraction of sp³-hybridized carbons (Fsp3) is 0.632. The van der Waals surface area contributed by atoms with Crippen molar-refractivity contribution in [1.29, 1.82) is 0 Å². The number of hydrogen-bond donors (Lipinski definition) is 2. The molecule has 138 valence electrons. The Balaban J connectivity index is 2.54. The minimum Gasteiger partial charge on any atom is -0.396 e. The van der Waals surface area contributed by atoms with Gasteiger partial charge in [0.05, 0.1) is 17.1 Å². The van der Waals surface area contributed by atoms with Gasteiger partial charge in [-0.05, 0) is 45.6 Å². The van der Waals surface area contributed by atoms with Crippen molar-refractivity contribution in [3.05, 3.63) is 23.5 Å². The second-order valence-electron chi connectivity index (χ2n) is 7.51. The minimum absolute atomic E-state index is 0.0406. The average Bonchev–Trinajstić information content (AvgIpc) is 2.97. The van der Waals surface area contributed by atoms with Gasteiger partial charge in [0, 0.05) is 23.9 Å². The molecule has 25 heavy (non-hydrogen) atoms. The first-order valence-corrected chi connectivity index (χ1v) is 9.04. The molecule has 0 bridgehead atoms.